The van der Waals surface area contributed by atoms with Crippen LogP contribution in [0.1, 0.15) is 20.8 Å². The number of hydrogen-bond acceptors (Lipinski definition) is 6. The van der Waals surface area contributed by atoms with E-state index in [9.17, 15) is 0 Å². The lowest BCUT2D eigenvalue weighted by atomic mass is 10.8. The zero-order chi connectivity index (χ0) is 16.2. The van der Waals surface area contributed by atoms with Crippen LogP contribution in [0.4, 0.5) is 0 Å². The van der Waals surface area contributed by atoms with Crippen LogP contribution in [0, 0.1) is 32.0 Å². The molecule has 0 aliphatic heterocycles. The molecule has 0 spiro atoms. The van der Waals surface area contributed by atoms with E-state index in [2.05, 4.69) is 57.6 Å². The van der Waals surface area contributed by atoms with Crippen LogP contribution in [-0.4, -0.2) is 0 Å². The van der Waals surface area contributed by atoms with E-state index in [1.807, 2.05) is 20.8 Å². The molecule has 0 saturated carbocycles. The van der Waals surface area contributed by atoms with E-state index in [0.29, 0.717) is 0 Å². The van der Waals surface area contributed by atoms with Crippen molar-refractivity contribution in [3.05, 3.63) is 38.0 Å². The van der Waals surface area contributed by atoms with Gasteiger partial charge in [-0.3, -0.25) is 0 Å². The highest BCUT2D eigenvalue weighted by Crippen LogP contribution is 1.47. The molecular formula is C12H21N3S3. The van der Waals surface area contributed by atoms with Gasteiger partial charge < -0.3 is 0 Å². The first kappa shape index (κ1) is 36.0. The molecule has 0 aromatic heterocycles. The summed E-state index contributed by atoms with van der Waals surface area (Å²) in [5, 5.41) is 25.9. The molecule has 6 heteroatoms. The summed E-state index contributed by atoms with van der Waals surface area (Å²) < 4.78 is 0. The second kappa shape index (κ2) is 152. The normalized spacial score (nSPS) is 3.50. The molecule has 0 N–H and O–H groups in total. The number of hydrogen-bond donors (Lipinski definition) is 3. The molecule has 0 aliphatic carbocycles. The van der Waals surface area contributed by atoms with E-state index in [0.717, 1.165) is 0 Å². The summed E-state index contributed by atoms with van der Waals surface area (Å²) >= 11 is 9.28. The van der Waals surface area contributed by atoms with Crippen LogP contribution >= 0.6 is 37.9 Å². The molecule has 0 unspecified atom stereocenters. The standard InChI is InChI=1S/3C3H6.3CHNS/c3*1-3-2;3*2-1-3/h3*3H,1H2,2H3;3*3H. The van der Waals surface area contributed by atoms with Gasteiger partial charge in [-0.1, -0.05) is 56.1 Å². The summed E-state index contributed by atoms with van der Waals surface area (Å²) in [5.74, 6) is 0. The SMILES string of the molecule is C=CC.C=CC.C=CC.N#CS.N#CS.N#CS. The van der Waals surface area contributed by atoms with Crippen molar-refractivity contribution in [2.45, 2.75) is 20.8 Å². The Labute approximate surface area is 128 Å². The minimum absolute atomic E-state index is 1.44. The van der Waals surface area contributed by atoms with Crippen molar-refractivity contribution in [1.29, 1.82) is 15.8 Å². The van der Waals surface area contributed by atoms with Gasteiger partial charge in [0.2, 0.25) is 0 Å². The Morgan fingerprint density at radius 1 is 0.667 bits per heavy atom. The molecule has 0 amide bonds. The summed E-state index contributed by atoms with van der Waals surface area (Å²) in [6.07, 6.45) is 5.25. The Morgan fingerprint density at radius 2 is 0.667 bits per heavy atom. The van der Waals surface area contributed by atoms with Crippen LogP contribution < -0.4 is 0 Å². The van der Waals surface area contributed by atoms with Gasteiger partial charge >= 0.3 is 0 Å². The van der Waals surface area contributed by atoms with Crippen molar-refractivity contribution in [2.24, 2.45) is 0 Å². The third-order valence-electron chi connectivity index (χ3n) is 0. The van der Waals surface area contributed by atoms with Crippen molar-refractivity contribution in [3.8, 4) is 16.2 Å². The Balaban J connectivity index is -0.0000000240. The van der Waals surface area contributed by atoms with Gasteiger partial charge in [0.1, 0.15) is 16.2 Å². The van der Waals surface area contributed by atoms with E-state index in [4.69, 9.17) is 15.8 Å². The van der Waals surface area contributed by atoms with Gasteiger partial charge in [-0.15, -0.1) is 19.7 Å². The first-order valence-corrected chi connectivity index (χ1v) is 5.64. The molecular weight excluding hydrogens is 282 g/mol. The maximum absolute atomic E-state index is 7.18. The Hall–Kier alpha value is -1.26. The van der Waals surface area contributed by atoms with Gasteiger partial charge in [-0.25, -0.2) is 0 Å². The lowest BCUT2D eigenvalue weighted by Gasteiger charge is -1.31. The molecule has 0 bridgehead atoms. The van der Waals surface area contributed by atoms with Crippen LogP contribution in [0.3, 0.4) is 0 Å². The molecule has 18 heavy (non-hydrogen) atoms. The lowest BCUT2D eigenvalue weighted by Crippen LogP contribution is -1.07. The monoisotopic (exact) mass is 303 g/mol. The molecule has 0 heterocycles. The third kappa shape index (κ3) is 1750. The van der Waals surface area contributed by atoms with Gasteiger partial charge in [0.25, 0.3) is 0 Å². The molecule has 0 atom stereocenters. The average molecular weight is 304 g/mol. The van der Waals surface area contributed by atoms with Crippen molar-refractivity contribution >= 4 is 37.9 Å². The van der Waals surface area contributed by atoms with Crippen molar-refractivity contribution < 1.29 is 0 Å². The summed E-state index contributed by atoms with van der Waals surface area (Å²) in [5.41, 5.74) is 0. The average Bonchev–Trinajstić information content (AvgIpc) is 2.23. The molecule has 0 rings (SSSR count). The Bertz CT molecular complexity index is 202. The van der Waals surface area contributed by atoms with Gasteiger partial charge in [-0.05, 0) is 20.8 Å². The van der Waals surface area contributed by atoms with Gasteiger partial charge in [0, 0.05) is 0 Å². The highest BCUT2D eigenvalue weighted by molar-refractivity contribution is 7.85. The first-order valence-electron chi connectivity index (χ1n) is 4.30. The second-order valence-corrected chi connectivity index (χ2v) is 2.12. The van der Waals surface area contributed by atoms with E-state index < -0.39 is 0 Å². The van der Waals surface area contributed by atoms with E-state index in [-0.39, 0.29) is 0 Å². The fourth-order valence-electron chi connectivity index (χ4n) is 0. The molecule has 102 valence electrons. The topological polar surface area (TPSA) is 71.4 Å². The molecule has 0 aliphatic rings. The molecule has 0 radical (unpaired) electrons. The maximum Gasteiger partial charge on any atom is 0.130 e. The highest BCUT2D eigenvalue weighted by atomic mass is 32.1. The van der Waals surface area contributed by atoms with E-state index in [1.54, 1.807) is 18.2 Å². The molecule has 0 aromatic carbocycles. The summed E-state index contributed by atoms with van der Waals surface area (Å²) in [7, 11) is 0. The van der Waals surface area contributed by atoms with Crippen LogP contribution in [0.5, 0.6) is 0 Å². The van der Waals surface area contributed by atoms with Gasteiger partial charge in [0.05, 0.1) is 0 Å². The number of nitrogens with zero attached hydrogens (tertiary/aromatic N) is 3. The minimum Gasteiger partial charge on any atom is -0.185 e. The number of thiocyanates is 3. The third-order valence-corrected chi connectivity index (χ3v) is 0. The predicted octanol–water partition coefficient (Wildman–Crippen LogP) is 4.77. The Morgan fingerprint density at radius 3 is 0.667 bits per heavy atom. The highest BCUT2D eigenvalue weighted by Gasteiger charge is 1.19. The van der Waals surface area contributed by atoms with Crippen LogP contribution in [-0.2, 0) is 0 Å². The number of thiol groups is 3. The number of allylic oxidation sites excluding steroid dienone is 3. The molecule has 0 saturated heterocycles. The van der Waals surface area contributed by atoms with Crippen molar-refractivity contribution in [2.75, 3.05) is 0 Å². The largest absolute Gasteiger partial charge is 0.185 e. The fourth-order valence-corrected chi connectivity index (χ4v) is 0. The zero-order valence-corrected chi connectivity index (χ0v) is 13.7. The predicted molar refractivity (Wildman–Crippen MR) is 91.4 cm³/mol. The smallest absolute Gasteiger partial charge is 0.130 e. The van der Waals surface area contributed by atoms with Crippen molar-refractivity contribution in [1.82, 2.24) is 0 Å². The maximum atomic E-state index is 7.18. The molecule has 3 nitrogen and oxygen atoms in total. The minimum atomic E-state index is 1.44. The first-order chi connectivity index (χ1) is 8.49. The molecule has 0 aromatic rings. The zero-order valence-electron chi connectivity index (χ0n) is 11.0. The summed E-state index contributed by atoms with van der Waals surface area (Å²) in [6, 6.07) is 0. The van der Waals surface area contributed by atoms with E-state index >= 15 is 0 Å². The van der Waals surface area contributed by atoms with Gasteiger partial charge in [0.15, 0.2) is 0 Å². The lowest BCUT2D eigenvalue weighted by molar-refractivity contribution is 1.57. The quantitative estimate of drug-likeness (QED) is 0.343. The van der Waals surface area contributed by atoms with Gasteiger partial charge in [-0.2, -0.15) is 15.8 Å². The number of rotatable bonds is 0. The van der Waals surface area contributed by atoms with Crippen LogP contribution in [0.25, 0.3) is 0 Å². The van der Waals surface area contributed by atoms with Crippen LogP contribution in [0.2, 0.25) is 0 Å². The molecule has 0 fully saturated rings. The Kier molecular flexibility index (Phi) is 304. The number of nitriles is 3. The second-order valence-electron chi connectivity index (χ2n) is 1.52. The fraction of sp³-hybridized carbons (Fsp3) is 0.250. The van der Waals surface area contributed by atoms with E-state index in [1.165, 1.54) is 16.2 Å². The van der Waals surface area contributed by atoms with Crippen molar-refractivity contribution in [3.63, 3.8) is 0 Å². The summed E-state index contributed by atoms with van der Waals surface area (Å²) in [6.45, 7) is 15.8. The summed E-state index contributed by atoms with van der Waals surface area (Å²) in [4.78, 5) is 0. The van der Waals surface area contributed by atoms with Crippen LogP contribution in [0.15, 0.2) is 38.0 Å².